The molecule has 0 radical (unpaired) electrons. The van der Waals surface area contributed by atoms with Crippen molar-refractivity contribution in [1.29, 1.82) is 0 Å². The van der Waals surface area contributed by atoms with Gasteiger partial charge in [0.2, 0.25) is 5.82 Å². The number of aryl methyl sites for hydroxylation is 1. The number of aromatic nitrogens is 3. The van der Waals surface area contributed by atoms with E-state index in [0.29, 0.717) is 18.1 Å². The zero-order valence-electron chi connectivity index (χ0n) is 16.6. The topological polar surface area (TPSA) is 85.6 Å². The van der Waals surface area contributed by atoms with Crippen LogP contribution in [0.1, 0.15) is 11.4 Å². The second kappa shape index (κ2) is 9.77. The predicted molar refractivity (Wildman–Crippen MR) is 125 cm³/mol. The van der Waals surface area contributed by atoms with Crippen LogP contribution in [0.25, 0.3) is 11.6 Å². The van der Waals surface area contributed by atoms with Gasteiger partial charge in [-0.3, -0.25) is 10.1 Å². The molecule has 1 fully saturated rings. The Morgan fingerprint density at radius 2 is 2.03 bits per heavy atom. The molecule has 1 aliphatic heterocycles. The van der Waals surface area contributed by atoms with Gasteiger partial charge in [-0.25, -0.2) is 4.98 Å². The number of hydrogen-bond acceptors (Lipinski definition) is 5. The van der Waals surface area contributed by atoms with Crippen LogP contribution in [0.2, 0.25) is 0 Å². The fourth-order valence-corrected chi connectivity index (χ4v) is 3.39. The number of nitrogens with zero attached hydrogens (tertiary/aromatic N) is 5. The van der Waals surface area contributed by atoms with Gasteiger partial charge in [-0.05, 0) is 36.8 Å². The Bertz CT molecular complexity index is 930. The van der Waals surface area contributed by atoms with Crippen molar-refractivity contribution in [3.05, 3.63) is 54.0 Å². The van der Waals surface area contributed by atoms with E-state index in [4.69, 9.17) is 4.42 Å². The summed E-state index contributed by atoms with van der Waals surface area (Å²) >= 11 is 0. The number of H-pyrrole nitrogens is 1. The van der Waals surface area contributed by atoms with E-state index >= 15 is 0 Å². The van der Waals surface area contributed by atoms with Crippen LogP contribution in [-0.2, 0) is 6.54 Å². The van der Waals surface area contributed by atoms with E-state index in [0.717, 1.165) is 38.0 Å². The van der Waals surface area contributed by atoms with Gasteiger partial charge in [-0.2, -0.15) is 0 Å². The normalized spacial score (nSPS) is 14.6. The van der Waals surface area contributed by atoms with Crippen LogP contribution in [0, 0.1) is 6.92 Å². The molecular weight excluding hydrogens is 481 g/mol. The van der Waals surface area contributed by atoms with Crippen LogP contribution in [0.5, 0.6) is 0 Å². The van der Waals surface area contributed by atoms with Crippen molar-refractivity contribution in [3.63, 3.8) is 0 Å². The third-order valence-electron chi connectivity index (χ3n) is 4.85. The summed E-state index contributed by atoms with van der Waals surface area (Å²) in [5, 5.41) is 10.5. The number of nitrogens with one attached hydrogen (secondary N) is 2. The Morgan fingerprint density at radius 1 is 1.21 bits per heavy atom. The second-order valence-electron chi connectivity index (χ2n) is 6.80. The van der Waals surface area contributed by atoms with Crippen LogP contribution < -0.4 is 10.2 Å². The highest BCUT2D eigenvalue weighted by Crippen LogP contribution is 2.18. The fourth-order valence-electron chi connectivity index (χ4n) is 3.39. The summed E-state index contributed by atoms with van der Waals surface area (Å²) in [6, 6.07) is 12.3. The molecule has 29 heavy (non-hydrogen) atoms. The molecule has 2 N–H and O–H groups in total. The summed E-state index contributed by atoms with van der Waals surface area (Å²) in [6.07, 6.45) is 1.61. The molecule has 1 aromatic carbocycles. The number of piperazine rings is 1. The Balaban J connectivity index is 0.00000240. The highest BCUT2D eigenvalue weighted by Gasteiger charge is 2.20. The number of aromatic amines is 1. The number of benzene rings is 1. The van der Waals surface area contributed by atoms with Gasteiger partial charge in [-0.15, -0.1) is 29.1 Å². The maximum absolute atomic E-state index is 5.33. The lowest BCUT2D eigenvalue weighted by atomic mass is 10.2. The van der Waals surface area contributed by atoms with E-state index in [2.05, 4.69) is 66.5 Å². The Kier molecular flexibility index (Phi) is 7.13. The average molecular weight is 507 g/mol. The largest absolute Gasteiger partial charge is 0.461 e. The first-order valence-corrected chi connectivity index (χ1v) is 9.45. The molecule has 3 aromatic rings. The summed E-state index contributed by atoms with van der Waals surface area (Å²) in [5.74, 6) is 2.83. The minimum Gasteiger partial charge on any atom is -0.461 e. The summed E-state index contributed by atoms with van der Waals surface area (Å²) < 4.78 is 5.33. The first kappa shape index (κ1) is 21.2. The first-order valence-electron chi connectivity index (χ1n) is 9.45. The SMILES string of the molecule is CN=C(NCc1nc(-c2ccco2)n[nH]1)N1CCN(c2cccc(C)c2)CC1.I. The Hall–Kier alpha value is -2.56. The molecule has 0 bridgehead atoms. The van der Waals surface area contributed by atoms with Crippen molar-refractivity contribution >= 4 is 35.6 Å². The van der Waals surface area contributed by atoms with Crippen LogP contribution in [0.15, 0.2) is 52.1 Å². The molecule has 154 valence electrons. The van der Waals surface area contributed by atoms with E-state index in [1.165, 1.54) is 11.3 Å². The highest BCUT2D eigenvalue weighted by molar-refractivity contribution is 14.0. The lowest BCUT2D eigenvalue weighted by molar-refractivity contribution is 0.372. The van der Waals surface area contributed by atoms with Gasteiger partial charge in [0.15, 0.2) is 11.7 Å². The number of furan rings is 1. The molecule has 0 unspecified atom stereocenters. The standard InChI is InChI=1S/C20H25N7O.HI/c1-15-5-3-6-16(13-15)26-8-10-27(11-9-26)20(21-2)22-14-18-23-19(25-24-18)17-7-4-12-28-17;/h3-7,12-13H,8-11,14H2,1-2H3,(H,21,22)(H,23,24,25);1H. The number of halogens is 1. The first-order chi connectivity index (χ1) is 13.7. The molecule has 0 spiro atoms. The van der Waals surface area contributed by atoms with Crippen LogP contribution >= 0.6 is 24.0 Å². The summed E-state index contributed by atoms with van der Waals surface area (Å²) in [7, 11) is 1.81. The molecule has 0 atom stereocenters. The quantitative estimate of drug-likeness (QED) is 0.321. The molecule has 0 saturated carbocycles. The van der Waals surface area contributed by atoms with Crippen LogP contribution in [0.3, 0.4) is 0 Å². The number of rotatable bonds is 4. The van der Waals surface area contributed by atoms with Crippen molar-refractivity contribution in [2.24, 2.45) is 4.99 Å². The molecule has 4 rings (SSSR count). The number of guanidine groups is 1. The molecule has 9 heteroatoms. The molecule has 1 aliphatic rings. The van der Waals surface area contributed by atoms with Gasteiger partial charge < -0.3 is 19.5 Å². The van der Waals surface area contributed by atoms with Crippen molar-refractivity contribution in [2.45, 2.75) is 13.5 Å². The summed E-state index contributed by atoms with van der Waals surface area (Å²) in [6.45, 7) is 6.43. The predicted octanol–water partition coefficient (Wildman–Crippen LogP) is 2.89. The van der Waals surface area contributed by atoms with E-state index in [1.54, 1.807) is 6.26 Å². The Morgan fingerprint density at radius 3 is 2.72 bits per heavy atom. The van der Waals surface area contributed by atoms with Gasteiger partial charge in [0.25, 0.3) is 0 Å². The summed E-state index contributed by atoms with van der Waals surface area (Å²) in [5.41, 5.74) is 2.58. The third-order valence-corrected chi connectivity index (χ3v) is 4.85. The van der Waals surface area contributed by atoms with Crippen molar-refractivity contribution in [1.82, 2.24) is 25.4 Å². The number of anilines is 1. The van der Waals surface area contributed by atoms with Gasteiger partial charge in [0, 0.05) is 38.9 Å². The van der Waals surface area contributed by atoms with Crippen molar-refractivity contribution in [2.75, 3.05) is 38.1 Å². The second-order valence-corrected chi connectivity index (χ2v) is 6.80. The lowest BCUT2D eigenvalue weighted by Crippen LogP contribution is -2.52. The molecule has 0 amide bonds. The molecule has 2 aromatic heterocycles. The van der Waals surface area contributed by atoms with Crippen LogP contribution in [-0.4, -0.2) is 59.3 Å². The highest BCUT2D eigenvalue weighted by atomic mass is 127. The molecule has 3 heterocycles. The molecule has 0 aliphatic carbocycles. The van der Waals surface area contributed by atoms with Gasteiger partial charge in [0.1, 0.15) is 5.82 Å². The van der Waals surface area contributed by atoms with E-state index < -0.39 is 0 Å². The minimum absolute atomic E-state index is 0. The smallest absolute Gasteiger partial charge is 0.216 e. The minimum atomic E-state index is 0. The monoisotopic (exact) mass is 507 g/mol. The third kappa shape index (κ3) is 5.08. The van der Waals surface area contributed by atoms with Gasteiger partial charge in [-0.1, -0.05) is 12.1 Å². The zero-order chi connectivity index (χ0) is 19.3. The van der Waals surface area contributed by atoms with Crippen molar-refractivity contribution in [3.8, 4) is 11.6 Å². The molecular formula is C20H26IN7O. The van der Waals surface area contributed by atoms with Gasteiger partial charge >= 0.3 is 0 Å². The van der Waals surface area contributed by atoms with Crippen molar-refractivity contribution < 1.29 is 4.42 Å². The number of aliphatic imine (C=N–C) groups is 1. The van der Waals surface area contributed by atoms with Gasteiger partial charge in [0.05, 0.1) is 12.8 Å². The fraction of sp³-hybridized carbons (Fsp3) is 0.350. The van der Waals surface area contributed by atoms with E-state index in [1.807, 2.05) is 19.2 Å². The molecule has 8 nitrogen and oxygen atoms in total. The Labute approximate surface area is 187 Å². The lowest BCUT2D eigenvalue weighted by Gasteiger charge is -2.37. The maximum atomic E-state index is 5.33. The zero-order valence-corrected chi connectivity index (χ0v) is 19.0. The number of hydrogen-bond donors (Lipinski definition) is 2. The molecule has 1 saturated heterocycles. The summed E-state index contributed by atoms with van der Waals surface area (Å²) in [4.78, 5) is 13.6. The van der Waals surface area contributed by atoms with E-state index in [-0.39, 0.29) is 24.0 Å². The van der Waals surface area contributed by atoms with E-state index in [9.17, 15) is 0 Å². The maximum Gasteiger partial charge on any atom is 0.216 e. The van der Waals surface area contributed by atoms with Crippen LogP contribution in [0.4, 0.5) is 5.69 Å². The average Bonchev–Trinajstić information content (AvgIpc) is 3.41.